The molecule has 0 fully saturated rings. The molecule has 0 aromatic rings. The first-order valence-electron chi connectivity index (χ1n) is 0. The molecule has 59 valence electrons. The number of hydrogen-bond donors (Lipinski definition) is 0. The molecule has 7 heavy (non-hydrogen) atoms. The van der Waals surface area contributed by atoms with Crippen LogP contribution in [0.4, 0.5) is 0 Å². The van der Waals surface area contributed by atoms with Crippen LogP contribution in [0.2, 0.25) is 0 Å². The third kappa shape index (κ3) is 1150. The second kappa shape index (κ2) is 1740. The third-order valence-electron chi connectivity index (χ3n) is 0. The molecule has 0 aromatic carbocycles. The fourth-order valence-electron chi connectivity index (χ4n) is 0. The van der Waals surface area contributed by atoms with Crippen molar-refractivity contribution in [1.29, 1.82) is 0 Å². The van der Waals surface area contributed by atoms with Gasteiger partial charge in [0.2, 0.25) is 0 Å². The van der Waals surface area contributed by atoms with E-state index in [1.54, 1.807) is 0 Å². The molecule has 1 radical (unpaired) electrons. The van der Waals surface area contributed by atoms with Gasteiger partial charge in [0.25, 0.3) is 0 Å². The Morgan fingerprint density at radius 3 is 0.286 bits per heavy atom. The topological polar surface area (TPSA) is 0 Å². The molecule has 0 spiro atoms. The molecule has 0 saturated carbocycles. The average Bonchev–Trinajstić information content (AvgIpc) is 0. The first-order chi connectivity index (χ1) is 0. The van der Waals surface area contributed by atoms with Crippen LogP contribution < -0.4 is 28.2 Å². The van der Waals surface area contributed by atoms with Crippen molar-refractivity contribution in [2.24, 2.45) is 0 Å². The quantitative estimate of drug-likeness (QED) is 0.282. The Balaban J connectivity index is 0. The van der Waals surface area contributed by atoms with Crippen molar-refractivity contribution >= 4 is 0 Å². The van der Waals surface area contributed by atoms with Gasteiger partial charge in [-0.15, -0.1) is 0 Å². The van der Waals surface area contributed by atoms with E-state index in [4.69, 9.17) is 0 Å². The van der Waals surface area contributed by atoms with E-state index in [2.05, 4.69) is 0 Å². The third-order valence-corrected chi connectivity index (χ3v) is 0. The molecule has 0 rings (SSSR count). The summed E-state index contributed by atoms with van der Waals surface area (Å²) in [6.45, 7) is 0. The average molecular weight is 222 g/mol. The monoisotopic (exact) mass is 221 g/mol. The summed E-state index contributed by atoms with van der Waals surface area (Å²) in [4.78, 5) is 0. The van der Waals surface area contributed by atoms with E-state index >= 15 is 0 Å². The van der Waals surface area contributed by atoms with Crippen LogP contribution in [0.25, 0.3) is 0 Å². The summed E-state index contributed by atoms with van der Waals surface area (Å²) >= 11 is 0. The van der Waals surface area contributed by atoms with Crippen molar-refractivity contribution in [3.63, 3.8) is 0 Å². The predicted octanol–water partition coefficient (Wildman–Crippen LogP) is -18.0. The smallest absolute Gasteiger partial charge is 0 e. The van der Waals surface area contributed by atoms with Crippen molar-refractivity contribution in [1.82, 2.24) is 0 Å². The van der Waals surface area contributed by atoms with Gasteiger partial charge in [-0.3, -0.25) is 0 Å². The second-order valence-electron chi connectivity index (χ2n) is 0. The molecule has 0 atom stereocenters. The Kier molecular flexibility index (Phi) is 710000. The summed E-state index contributed by atoms with van der Waals surface area (Å²) in [6.07, 6.45) is 0. The normalized spacial score (nSPS) is 0. The maximum absolute atomic E-state index is 0. The molecule has 0 amide bonds. The predicted molar refractivity (Wildman–Crippen MR) is 0 cm³/mol. The van der Waals surface area contributed by atoms with Gasteiger partial charge in [-0.05, 0) is 0 Å². The summed E-state index contributed by atoms with van der Waals surface area (Å²) in [5.74, 6) is 0. The van der Waals surface area contributed by atoms with Crippen LogP contribution in [-0.4, -0.2) is 0 Å². The molecule has 0 aromatic heterocycles. The molecule has 0 aliphatic heterocycles. The summed E-state index contributed by atoms with van der Waals surface area (Å²) in [7, 11) is 0. The molecular weight excluding hydrogens is 222 g/mol. The first-order valence-corrected chi connectivity index (χ1v) is 0. The summed E-state index contributed by atoms with van der Waals surface area (Å²) in [5, 5.41) is 0. The van der Waals surface area contributed by atoms with Crippen molar-refractivity contribution in [2.45, 2.75) is 0 Å². The van der Waals surface area contributed by atoms with Gasteiger partial charge in [0.1, 0.15) is 0 Å². The van der Waals surface area contributed by atoms with E-state index < -0.39 is 0 Å². The largest absolute Gasteiger partial charge is 1.00 e. The van der Waals surface area contributed by atoms with Crippen molar-refractivity contribution in [3.05, 3.63) is 0 Å². The van der Waals surface area contributed by atoms with Crippen molar-refractivity contribution < 1.29 is 50.6 Å². The Labute approximate surface area is 51.4 Å². The fraction of sp³-hybridized carbons (Fsp3) is 0. The Morgan fingerprint density at radius 1 is 0.286 bits per heavy atom. The van der Waals surface area contributed by atoms with Crippen LogP contribution in [0.15, 0.2) is 0 Å². The van der Waals surface area contributed by atoms with E-state index in [0.29, 0.717) is 0 Å². The summed E-state index contributed by atoms with van der Waals surface area (Å²) in [6, 6.07) is 0. The van der Waals surface area contributed by atoms with Gasteiger partial charge in [-0.25, -0.2) is 0 Å². The minimum atomic E-state index is 0. The van der Waals surface area contributed by atoms with Crippen LogP contribution in [0.5, 0.6) is 0 Å². The second-order valence-corrected chi connectivity index (χ2v) is 0. The first kappa shape index (κ1) is 2850. The molecule has 0 unspecified atom stereocenters. The van der Waals surface area contributed by atoms with Gasteiger partial charge in [-0.2, -0.15) is 0 Å². The van der Waals surface area contributed by atoms with E-state index in [0.717, 1.165) is 0 Å². The zero-order valence-corrected chi connectivity index (χ0v) is 4.05. The van der Waals surface area contributed by atoms with Gasteiger partial charge >= 0.3 is 0 Å². The van der Waals surface area contributed by atoms with Crippen molar-refractivity contribution in [2.75, 3.05) is 0 Å². The van der Waals surface area contributed by atoms with E-state index in [1.807, 2.05) is 0 Å². The molecule has 0 aliphatic rings. The molecular formula is AgF6-6. The Bertz CT molecular complexity index is 4.14. The van der Waals surface area contributed by atoms with Crippen LogP contribution in [0.1, 0.15) is 0 Å². The maximum Gasteiger partial charge on any atom is 0 e. The zero-order valence-electron chi connectivity index (χ0n) is 2.57. The number of halogens is 6. The molecule has 0 bridgehead atoms. The van der Waals surface area contributed by atoms with Crippen molar-refractivity contribution in [3.8, 4) is 0 Å². The minimum absolute atomic E-state index is 0. The molecule has 0 nitrogen and oxygen atoms in total. The molecule has 0 heterocycles. The summed E-state index contributed by atoms with van der Waals surface area (Å²) < 4.78 is 0. The van der Waals surface area contributed by atoms with E-state index in [1.165, 1.54) is 0 Å². The van der Waals surface area contributed by atoms with Crippen LogP contribution in [-0.2, 0) is 22.4 Å². The Hall–Kier alpha value is 0.320. The van der Waals surface area contributed by atoms with Gasteiger partial charge in [-0.1, -0.05) is 0 Å². The number of rotatable bonds is 0. The maximum atomic E-state index is 0. The van der Waals surface area contributed by atoms with Crippen LogP contribution >= 0.6 is 0 Å². The van der Waals surface area contributed by atoms with Gasteiger partial charge in [0.15, 0.2) is 0 Å². The van der Waals surface area contributed by atoms with Crippen LogP contribution in [0.3, 0.4) is 0 Å². The van der Waals surface area contributed by atoms with E-state index in [9.17, 15) is 0 Å². The minimum Gasteiger partial charge on any atom is -1.00 e. The van der Waals surface area contributed by atoms with E-state index in [-0.39, 0.29) is 50.6 Å². The molecule has 0 saturated heterocycles. The SMILES string of the molecule is [Ag].[F-].[F-].[F-].[F-].[F-].[F-]. The Morgan fingerprint density at radius 2 is 0.286 bits per heavy atom. The molecule has 0 aliphatic carbocycles. The molecule has 0 N–H and O–H groups in total. The van der Waals surface area contributed by atoms with Gasteiger partial charge in [0, 0.05) is 22.4 Å². The van der Waals surface area contributed by atoms with Crippen LogP contribution in [0, 0.1) is 0 Å². The van der Waals surface area contributed by atoms with Gasteiger partial charge < -0.3 is 28.2 Å². The standard InChI is InChI=1S/Ag.6FH/h;6*1H/p-6. The zero-order chi connectivity index (χ0) is 0. The number of hydrogen-bond acceptors (Lipinski definition) is 0. The van der Waals surface area contributed by atoms with Gasteiger partial charge in [0.05, 0.1) is 0 Å². The summed E-state index contributed by atoms with van der Waals surface area (Å²) in [5.41, 5.74) is 0. The molecule has 7 heteroatoms. The fourth-order valence-corrected chi connectivity index (χ4v) is 0.